The number of fused-ring (bicyclic) bond motifs is 3. The first-order chi connectivity index (χ1) is 13.7. The maximum atomic E-state index is 6.15. The highest BCUT2D eigenvalue weighted by atomic mass is 35.5. The number of rotatable bonds is 3. The molecule has 0 spiro atoms. The Morgan fingerprint density at radius 2 is 1.50 bits per heavy atom. The minimum atomic E-state index is 0.632. The van der Waals surface area contributed by atoms with Crippen molar-refractivity contribution in [3.05, 3.63) is 90.0 Å². The number of hydrogen-bond donors (Lipinski definition) is 0. The van der Waals surface area contributed by atoms with Crippen LogP contribution in [0.25, 0.3) is 33.3 Å². The van der Waals surface area contributed by atoms with E-state index in [-0.39, 0.29) is 0 Å². The Morgan fingerprint density at radius 1 is 0.821 bits per heavy atom. The van der Waals surface area contributed by atoms with Gasteiger partial charge in [0.15, 0.2) is 5.58 Å². The Labute approximate surface area is 167 Å². The normalized spacial score (nSPS) is 11.2. The molecule has 0 saturated carbocycles. The minimum Gasteiger partial charge on any atom is -0.436 e. The summed E-state index contributed by atoms with van der Waals surface area (Å²) in [5.74, 6) is 0.632. The molecule has 5 rings (SSSR count). The zero-order valence-electron chi connectivity index (χ0n) is 15.3. The Bertz CT molecular complexity index is 1280. The third-order valence-electron chi connectivity index (χ3n) is 4.98. The van der Waals surface area contributed by atoms with Gasteiger partial charge < -0.3 is 9.32 Å². The fourth-order valence-corrected chi connectivity index (χ4v) is 3.65. The van der Waals surface area contributed by atoms with Crippen LogP contribution < -0.4 is 4.90 Å². The van der Waals surface area contributed by atoms with Crippen molar-refractivity contribution in [3.8, 4) is 11.5 Å². The van der Waals surface area contributed by atoms with E-state index in [4.69, 9.17) is 21.0 Å². The molecular weight excluding hydrogens is 368 g/mol. The van der Waals surface area contributed by atoms with Crippen LogP contribution in [0.5, 0.6) is 0 Å². The highest BCUT2D eigenvalue weighted by Crippen LogP contribution is 2.38. The van der Waals surface area contributed by atoms with Crippen molar-refractivity contribution in [1.29, 1.82) is 0 Å². The second-order valence-corrected chi connectivity index (χ2v) is 7.14. The molecule has 0 aliphatic carbocycles. The molecule has 0 N–H and O–H groups in total. The van der Waals surface area contributed by atoms with Crippen molar-refractivity contribution in [3.63, 3.8) is 0 Å². The molecule has 1 aromatic heterocycles. The molecule has 5 aromatic rings. The zero-order valence-corrected chi connectivity index (χ0v) is 16.0. The van der Waals surface area contributed by atoms with Crippen molar-refractivity contribution < 1.29 is 4.42 Å². The summed E-state index contributed by atoms with van der Waals surface area (Å²) >= 11 is 6.05. The lowest BCUT2D eigenvalue weighted by Gasteiger charge is -2.21. The van der Waals surface area contributed by atoms with Crippen molar-refractivity contribution in [2.45, 2.75) is 0 Å². The molecule has 4 heteroatoms. The van der Waals surface area contributed by atoms with Crippen LogP contribution in [0.15, 0.2) is 89.3 Å². The third-order valence-corrected chi connectivity index (χ3v) is 5.23. The monoisotopic (exact) mass is 384 g/mol. The summed E-state index contributed by atoms with van der Waals surface area (Å²) in [6.07, 6.45) is 0. The summed E-state index contributed by atoms with van der Waals surface area (Å²) in [4.78, 5) is 6.93. The van der Waals surface area contributed by atoms with Gasteiger partial charge in [0, 0.05) is 40.2 Å². The number of benzene rings is 4. The SMILES string of the molecule is CN(c1ccc(Cl)cc1)c1cc2oc(-c3ccccc3)nc2c2ccccc12. The summed E-state index contributed by atoms with van der Waals surface area (Å²) in [7, 11) is 2.05. The lowest BCUT2D eigenvalue weighted by atomic mass is 10.1. The van der Waals surface area contributed by atoms with Gasteiger partial charge in [-0.25, -0.2) is 4.98 Å². The molecule has 0 aliphatic heterocycles. The van der Waals surface area contributed by atoms with Gasteiger partial charge >= 0.3 is 0 Å². The number of aromatic nitrogens is 1. The predicted octanol–water partition coefficient (Wildman–Crippen LogP) is 7.07. The molecule has 136 valence electrons. The molecule has 0 amide bonds. The van der Waals surface area contributed by atoms with Crippen molar-refractivity contribution >= 4 is 44.8 Å². The van der Waals surface area contributed by atoms with Crippen molar-refractivity contribution in [1.82, 2.24) is 4.98 Å². The van der Waals surface area contributed by atoms with Crippen LogP contribution in [0.2, 0.25) is 5.02 Å². The van der Waals surface area contributed by atoms with E-state index in [0.29, 0.717) is 5.89 Å². The molecule has 3 nitrogen and oxygen atoms in total. The number of anilines is 2. The van der Waals surface area contributed by atoms with Gasteiger partial charge in [-0.3, -0.25) is 0 Å². The molecule has 4 aromatic carbocycles. The maximum Gasteiger partial charge on any atom is 0.227 e. The Morgan fingerprint density at radius 3 is 2.25 bits per heavy atom. The molecule has 0 bridgehead atoms. The lowest BCUT2D eigenvalue weighted by Crippen LogP contribution is -2.09. The van der Waals surface area contributed by atoms with Gasteiger partial charge in [-0.15, -0.1) is 0 Å². The van der Waals surface area contributed by atoms with Crippen LogP contribution in [0, 0.1) is 0 Å². The molecule has 0 atom stereocenters. The summed E-state index contributed by atoms with van der Waals surface area (Å²) < 4.78 is 6.15. The van der Waals surface area contributed by atoms with E-state index >= 15 is 0 Å². The number of oxazole rings is 1. The standard InChI is InChI=1S/C24H17ClN2O/c1-27(18-13-11-17(25)12-14-18)21-15-22-23(20-10-6-5-9-19(20)21)26-24(28-22)16-7-3-2-4-8-16/h2-15H,1H3. The average molecular weight is 385 g/mol. The van der Waals surface area contributed by atoms with Crippen molar-refractivity contribution in [2.24, 2.45) is 0 Å². The Hall–Kier alpha value is -3.30. The summed E-state index contributed by atoms with van der Waals surface area (Å²) in [5.41, 5.74) is 4.73. The first kappa shape index (κ1) is 16.8. The van der Waals surface area contributed by atoms with Gasteiger partial charge in [0.2, 0.25) is 5.89 Å². The number of hydrogen-bond acceptors (Lipinski definition) is 3. The molecule has 0 unspecified atom stereocenters. The van der Waals surface area contributed by atoms with E-state index in [1.807, 2.05) is 73.8 Å². The number of nitrogens with zero attached hydrogens (tertiary/aromatic N) is 2. The van der Waals surface area contributed by atoms with E-state index in [1.54, 1.807) is 0 Å². The predicted molar refractivity (Wildman–Crippen MR) is 116 cm³/mol. The minimum absolute atomic E-state index is 0.632. The molecule has 0 fully saturated rings. The van der Waals surface area contributed by atoms with E-state index < -0.39 is 0 Å². The third kappa shape index (κ3) is 2.81. The van der Waals surface area contributed by atoms with Gasteiger partial charge in [0.25, 0.3) is 0 Å². The zero-order chi connectivity index (χ0) is 19.1. The first-order valence-electron chi connectivity index (χ1n) is 9.08. The Kier molecular flexibility index (Phi) is 4.03. The quantitative estimate of drug-likeness (QED) is 0.333. The van der Waals surface area contributed by atoms with Crippen LogP contribution in [0.3, 0.4) is 0 Å². The molecule has 28 heavy (non-hydrogen) atoms. The molecule has 1 heterocycles. The highest BCUT2D eigenvalue weighted by Gasteiger charge is 2.16. The van der Waals surface area contributed by atoms with Crippen LogP contribution in [-0.2, 0) is 0 Å². The van der Waals surface area contributed by atoms with Gasteiger partial charge in [0.1, 0.15) is 5.52 Å². The number of halogens is 1. The van der Waals surface area contributed by atoms with E-state index in [9.17, 15) is 0 Å². The van der Waals surface area contributed by atoms with Gasteiger partial charge in [0.05, 0.1) is 5.69 Å². The maximum absolute atomic E-state index is 6.15. The largest absolute Gasteiger partial charge is 0.436 e. The summed E-state index contributed by atoms with van der Waals surface area (Å²) in [5, 5.41) is 2.92. The molecule has 0 radical (unpaired) electrons. The van der Waals surface area contributed by atoms with Crippen LogP contribution in [0.4, 0.5) is 11.4 Å². The van der Waals surface area contributed by atoms with Crippen LogP contribution >= 0.6 is 11.6 Å². The molecule has 0 saturated heterocycles. The topological polar surface area (TPSA) is 29.3 Å². The van der Waals surface area contributed by atoms with Crippen LogP contribution in [-0.4, -0.2) is 12.0 Å². The van der Waals surface area contributed by atoms with Crippen molar-refractivity contribution in [2.75, 3.05) is 11.9 Å². The fourth-order valence-electron chi connectivity index (χ4n) is 3.52. The fraction of sp³-hybridized carbons (Fsp3) is 0.0417. The summed E-state index contributed by atoms with van der Waals surface area (Å²) in [6, 6.07) is 28.1. The van der Waals surface area contributed by atoms with Crippen LogP contribution in [0.1, 0.15) is 0 Å². The summed E-state index contributed by atoms with van der Waals surface area (Å²) in [6.45, 7) is 0. The highest BCUT2D eigenvalue weighted by molar-refractivity contribution is 6.30. The van der Waals surface area contributed by atoms with E-state index in [0.717, 1.165) is 43.8 Å². The van der Waals surface area contributed by atoms with E-state index in [1.165, 1.54) is 0 Å². The van der Waals surface area contributed by atoms with E-state index in [2.05, 4.69) is 23.1 Å². The lowest BCUT2D eigenvalue weighted by molar-refractivity contribution is 0.620. The Balaban J connectivity index is 1.73. The second kappa shape index (κ2) is 6.70. The molecule has 0 aliphatic rings. The van der Waals surface area contributed by atoms with Gasteiger partial charge in [-0.05, 0) is 36.4 Å². The molecular formula is C24H17ClN2O. The smallest absolute Gasteiger partial charge is 0.227 e. The first-order valence-corrected chi connectivity index (χ1v) is 9.45. The van der Waals surface area contributed by atoms with Gasteiger partial charge in [-0.1, -0.05) is 54.1 Å². The average Bonchev–Trinajstić information content (AvgIpc) is 3.18. The van der Waals surface area contributed by atoms with Gasteiger partial charge in [-0.2, -0.15) is 0 Å². The second-order valence-electron chi connectivity index (χ2n) is 6.71.